The second-order valence-electron chi connectivity index (χ2n) is 5.20. The van der Waals surface area contributed by atoms with Crippen LogP contribution in [0.1, 0.15) is 32.3 Å². The van der Waals surface area contributed by atoms with E-state index in [1.807, 2.05) is 18.2 Å². The molecule has 0 unspecified atom stereocenters. The van der Waals surface area contributed by atoms with Gasteiger partial charge in [0.25, 0.3) is 0 Å². The van der Waals surface area contributed by atoms with E-state index < -0.39 is 0 Å². The minimum atomic E-state index is 0.190. The molecule has 3 heteroatoms. The van der Waals surface area contributed by atoms with Crippen LogP contribution in [0.25, 0.3) is 0 Å². The van der Waals surface area contributed by atoms with Gasteiger partial charge < -0.3 is 10.2 Å². The number of nitrogens with zero attached hydrogens (tertiary/aromatic N) is 1. The Hall–Kier alpha value is -1.35. The fourth-order valence-electron chi connectivity index (χ4n) is 2.26. The molecule has 0 aliphatic heterocycles. The third-order valence-electron chi connectivity index (χ3n) is 3.82. The molecule has 3 nitrogen and oxygen atoms in total. The first-order chi connectivity index (χ1) is 9.24. The van der Waals surface area contributed by atoms with Crippen molar-refractivity contribution in [1.82, 2.24) is 4.90 Å². The molecule has 0 heterocycles. The monoisotopic (exact) mass is 260 g/mol. The first-order valence-corrected chi connectivity index (χ1v) is 7.35. The van der Waals surface area contributed by atoms with E-state index in [1.165, 1.54) is 5.56 Å². The van der Waals surface area contributed by atoms with Crippen LogP contribution in [0.3, 0.4) is 0 Å². The quantitative estimate of drug-likeness (QED) is 0.817. The molecule has 19 heavy (non-hydrogen) atoms. The number of rotatable bonds is 7. The maximum Gasteiger partial charge on any atom is 0.227 e. The molecule has 0 aromatic heterocycles. The molecule has 2 rings (SSSR count). The Morgan fingerprint density at radius 1 is 1.26 bits per heavy atom. The smallest absolute Gasteiger partial charge is 0.227 e. The Labute approximate surface area is 116 Å². The van der Waals surface area contributed by atoms with E-state index in [-0.39, 0.29) is 11.8 Å². The second kappa shape index (κ2) is 6.71. The predicted molar refractivity (Wildman–Crippen MR) is 79.3 cm³/mol. The number of anilines is 1. The summed E-state index contributed by atoms with van der Waals surface area (Å²) in [6.45, 7) is 7.57. The van der Waals surface area contributed by atoms with Crippen molar-refractivity contribution in [2.75, 3.05) is 25.0 Å². The second-order valence-corrected chi connectivity index (χ2v) is 5.20. The summed E-state index contributed by atoms with van der Waals surface area (Å²) in [6, 6.07) is 8.16. The van der Waals surface area contributed by atoms with Gasteiger partial charge in [0.05, 0.1) is 0 Å². The zero-order valence-corrected chi connectivity index (χ0v) is 12.0. The number of para-hydroxylation sites is 1. The minimum absolute atomic E-state index is 0.190. The predicted octanol–water partition coefficient (Wildman–Crippen LogP) is 2.92. The van der Waals surface area contributed by atoms with Gasteiger partial charge >= 0.3 is 0 Å². The standard InChI is InChI=1S/C16H24N2O/c1-3-18(4-2)12-11-13-7-5-6-8-15(13)17-16(19)14-9-10-14/h5-8,14H,3-4,9-12H2,1-2H3,(H,17,19). The molecule has 1 aromatic carbocycles. The van der Waals surface area contributed by atoms with Crippen molar-refractivity contribution in [3.63, 3.8) is 0 Å². The molecule has 0 radical (unpaired) electrons. The van der Waals surface area contributed by atoms with Crippen LogP contribution in [0.5, 0.6) is 0 Å². The number of hydrogen-bond acceptors (Lipinski definition) is 2. The van der Waals surface area contributed by atoms with Gasteiger partial charge in [-0.05, 0) is 44.0 Å². The van der Waals surface area contributed by atoms with Gasteiger partial charge in [-0.3, -0.25) is 4.79 Å². The Kier molecular flexibility index (Phi) is 4.97. The van der Waals surface area contributed by atoms with E-state index in [2.05, 4.69) is 30.1 Å². The summed E-state index contributed by atoms with van der Waals surface area (Å²) in [5.41, 5.74) is 2.23. The number of nitrogens with one attached hydrogen (secondary N) is 1. The molecule has 1 N–H and O–H groups in total. The molecule has 1 aromatic rings. The molecule has 1 amide bonds. The van der Waals surface area contributed by atoms with E-state index in [1.54, 1.807) is 0 Å². The van der Waals surface area contributed by atoms with Crippen LogP contribution in [-0.2, 0) is 11.2 Å². The van der Waals surface area contributed by atoms with Crippen LogP contribution in [0, 0.1) is 5.92 Å². The molecule has 0 spiro atoms. The minimum Gasteiger partial charge on any atom is -0.326 e. The lowest BCUT2D eigenvalue weighted by Crippen LogP contribution is -2.25. The topological polar surface area (TPSA) is 32.3 Å². The van der Waals surface area contributed by atoms with Crippen LogP contribution < -0.4 is 5.32 Å². The van der Waals surface area contributed by atoms with Gasteiger partial charge in [-0.25, -0.2) is 0 Å². The van der Waals surface area contributed by atoms with Gasteiger partial charge in [-0.2, -0.15) is 0 Å². The van der Waals surface area contributed by atoms with E-state index in [4.69, 9.17) is 0 Å². The summed E-state index contributed by atoms with van der Waals surface area (Å²) < 4.78 is 0. The van der Waals surface area contributed by atoms with Crippen molar-refractivity contribution in [3.05, 3.63) is 29.8 Å². The van der Waals surface area contributed by atoms with Gasteiger partial charge in [0.2, 0.25) is 5.91 Å². The Bertz CT molecular complexity index is 423. The highest BCUT2D eigenvalue weighted by molar-refractivity contribution is 5.94. The fourth-order valence-corrected chi connectivity index (χ4v) is 2.26. The maximum absolute atomic E-state index is 11.9. The third kappa shape index (κ3) is 4.06. The van der Waals surface area contributed by atoms with Crippen molar-refractivity contribution >= 4 is 11.6 Å². The first-order valence-electron chi connectivity index (χ1n) is 7.35. The van der Waals surface area contributed by atoms with Crippen molar-refractivity contribution in [2.24, 2.45) is 5.92 Å². The van der Waals surface area contributed by atoms with Crippen LogP contribution in [-0.4, -0.2) is 30.4 Å². The summed E-state index contributed by atoms with van der Waals surface area (Å²) in [7, 11) is 0. The number of amides is 1. The molecule has 1 aliphatic rings. The number of carbonyl (C=O) groups is 1. The summed E-state index contributed by atoms with van der Waals surface area (Å²) in [4.78, 5) is 14.3. The van der Waals surface area contributed by atoms with Gasteiger partial charge in [-0.1, -0.05) is 32.0 Å². The number of hydrogen-bond donors (Lipinski definition) is 1. The lowest BCUT2D eigenvalue weighted by atomic mass is 10.1. The molecule has 0 atom stereocenters. The van der Waals surface area contributed by atoms with Crippen LogP contribution in [0.2, 0.25) is 0 Å². The SMILES string of the molecule is CCN(CC)CCc1ccccc1NC(=O)C1CC1. The van der Waals surface area contributed by atoms with Gasteiger partial charge in [0.15, 0.2) is 0 Å². The fraction of sp³-hybridized carbons (Fsp3) is 0.562. The summed E-state index contributed by atoms with van der Waals surface area (Å²) in [5.74, 6) is 0.450. The van der Waals surface area contributed by atoms with Crippen LogP contribution in [0.4, 0.5) is 5.69 Å². The molecular formula is C16H24N2O. The molecule has 0 saturated heterocycles. The zero-order chi connectivity index (χ0) is 13.7. The summed E-state index contributed by atoms with van der Waals surface area (Å²) in [6.07, 6.45) is 3.09. The highest BCUT2D eigenvalue weighted by Gasteiger charge is 2.29. The van der Waals surface area contributed by atoms with Crippen molar-refractivity contribution < 1.29 is 4.79 Å². The van der Waals surface area contributed by atoms with Crippen molar-refractivity contribution in [3.8, 4) is 0 Å². The lowest BCUT2D eigenvalue weighted by Gasteiger charge is -2.19. The lowest BCUT2D eigenvalue weighted by molar-refractivity contribution is -0.117. The first kappa shape index (κ1) is 14.1. The summed E-state index contributed by atoms with van der Waals surface area (Å²) in [5, 5.41) is 3.07. The number of likely N-dealkylation sites (N-methyl/N-ethyl adjacent to an activating group) is 1. The van der Waals surface area contributed by atoms with E-state index in [9.17, 15) is 4.79 Å². The van der Waals surface area contributed by atoms with Crippen molar-refractivity contribution in [2.45, 2.75) is 33.1 Å². The van der Waals surface area contributed by atoms with E-state index in [0.29, 0.717) is 0 Å². The third-order valence-corrected chi connectivity index (χ3v) is 3.82. The molecule has 1 saturated carbocycles. The number of benzene rings is 1. The molecule has 0 bridgehead atoms. The molecular weight excluding hydrogens is 236 g/mol. The Balaban J connectivity index is 1.96. The highest BCUT2D eigenvalue weighted by Crippen LogP contribution is 2.30. The largest absolute Gasteiger partial charge is 0.326 e. The average Bonchev–Trinajstić information content (AvgIpc) is 3.26. The maximum atomic E-state index is 11.9. The highest BCUT2D eigenvalue weighted by atomic mass is 16.2. The number of carbonyl (C=O) groups excluding carboxylic acids is 1. The van der Waals surface area contributed by atoms with Crippen LogP contribution >= 0.6 is 0 Å². The molecule has 1 fully saturated rings. The van der Waals surface area contributed by atoms with Gasteiger partial charge in [0, 0.05) is 18.2 Å². The Morgan fingerprint density at radius 2 is 1.95 bits per heavy atom. The Morgan fingerprint density at radius 3 is 2.58 bits per heavy atom. The normalized spacial score (nSPS) is 14.7. The summed E-state index contributed by atoms with van der Waals surface area (Å²) >= 11 is 0. The van der Waals surface area contributed by atoms with E-state index >= 15 is 0 Å². The average molecular weight is 260 g/mol. The zero-order valence-electron chi connectivity index (χ0n) is 12.0. The molecule has 104 valence electrons. The molecule has 1 aliphatic carbocycles. The van der Waals surface area contributed by atoms with Crippen LogP contribution in [0.15, 0.2) is 24.3 Å². The van der Waals surface area contributed by atoms with Gasteiger partial charge in [0.1, 0.15) is 0 Å². The van der Waals surface area contributed by atoms with E-state index in [0.717, 1.165) is 44.6 Å². The van der Waals surface area contributed by atoms with Crippen molar-refractivity contribution in [1.29, 1.82) is 0 Å². The van der Waals surface area contributed by atoms with Gasteiger partial charge in [-0.15, -0.1) is 0 Å².